The van der Waals surface area contributed by atoms with Gasteiger partial charge in [0.25, 0.3) is 0 Å². The Morgan fingerprint density at radius 3 is 2.00 bits per heavy atom. The minimum absolute atomic E-state index is 0.104. The smallest absolute Gasteiger partial charge is 0.195 e. The third-order valence-corrected chi connectivity index (χ3v) is 5.83. The van der Waals surface area contributed by atoms with E-state index in [1.807, 2.05) is 0 Å². The molecule has 4 nitrogen and oxygen atoms in total. The molecule has 3 aromatic rings. The highest BCUT2D eigenvalue weighted by Gasteiger charge is 2.22. The van der Waals surface area contributed by atoms with E-state index < -0.39 is 21.4 Å². The predicted octanol–water partition coefficient (Wildman–Crippen LogP) is 4.86. The zero-order valence-electron chi connectivity index (χ0n) is 14.6. The maximum absolute atomic E-state index is 13.0. The molecule has 0 N–H and O–H groups in total. The normalized spacial score (nSPS) is 11.2. The highest BCUT2D eigenvalue weighted by molar-refractivity contribution is 7.90. The van der Waals surface area contributed by atoms with Crippen LogP contribution in [0.5, 0.6) is 0 Å². The van der Waals surface area contributed by atoms with E-state index in [2.05, 4.69) is 0 Å². The van der Waals surface area contributed by atoms with Gasteiger partial charge in [0.15, 0.2) is 21.4 Å². The summed E-state index contributed by atoms with van der Waals surface area (Å²) >= 11 is 12.2. The lowest BCUT2D eigenvalue weighted by Gasteiger charge is -2.10. The molecule has 0 spiro atoms. The van der Waals surface area contributed by atoms with Crippen LogP contribution in [-0.2, 0) is 9.84 Å². The van der Waals surface area contributed by atoms with E-state index >= 15 is 0 Å². The molecule has 7 heteroatoms. The summed E-state index contributed by atoms with van der Waals surface area (Å²) in [4.78, 5) is 26.1. The molecule has 0 aromatic heterocycles. The van der Waals surface area contributed by atoms with E-state index in [1.54, 1.807) is 24.3 Å². The van der Waals surface area contributed by atoms with Gasteiger partial charge in [-0.25, -0.2) is 8.42 Å². The second kappa shape index (κ2) is 7.87. The number of carbonyl (C=O) groups is 2. The number of sulfone groups is 1. The van der Waals surface area contributed by atoms with Gasteiger partial charge in [0.1, 0.15) is 0 Å². The number of hydrogen-bond acceptors (Lipinski definition) is 4. The molecule has 0 saturated heterocycles. The van der Waals surface area contributed by atoms with Crippen molar-refractivity contribution >= 4 is 44.6 Å². The van der Waals surface area contributed by atoms with Crippen LogP contribution in [-0.4, -0.2) is 26.2 Å². The van der Waals surface area contributed by atoms with Crippen LogP contribution in [0.4, 0.5) is 0 Å². The van der Waals surface area contributed by atoms with E-state index in [0.29, 0.717) is 5.02 Å². The standard InChI is InChI=1S/C21H14Cl2O4S/c1-28(26,27)15-9-6-13(7-10-15)20(24)16-11-8-14(22)12-18(16)21(25)17-4-2-3-5-19(17)23/h2-12H,1H3. The molecule has 0 aliphatic rings. The summed E-state index contributed by atoms with van der Waals surface area (Å²) in [5, 5.41) is 0.572. The molecule has 0 unspecified atom stereocenters. The molecule has 0 saturated carbocycles. The van der Waals surface area contributed by atoms with Gasteiger partial charge in [0, 0.05) is 33.5 Å². The van der Waals surface area contributed by atoms with Crippen LogP contribution in [0.15, 0.2) is 71.6 Å². The lowest BCUT2D eigenvalue weighted by molar-refractivity contribution is 0.100. The molecule has 0 radical (unpaired) electrons. The third-order valence-electron chi connectivity index (χ3n) is 4.13. The number of rotatable bonds is 5. The van der Waals surface area contributed by atoms with Crippen molar-refractivity contribution in [1.29, 1.82) is 0 Å². The van der Waals surface area contributed by atoms with Crippen LogP contribution in [0.1, 0.15) is 31.8 Å². The summed E-state index contributed by atoms with van der Waals surface area (Å²) in [6, 6.07) is 16.5. The summed E-state index contributed by atoms with van der Waals surface area (Å²) in [6.07, 6.45) is 1.09. The molecular weight excluding hydrogens is 419 g/mol. The largest absolute Gasteiger partial charge is 0.289 e. The highest BCUT2D eigenvalue weighted by atomic mass is 35.5. The Balaban J connectivity index is 2.07. The van der Waals surface area contributed by atoms with Crippen molar-refractivity contribution in [3.63, 3.8) is 0 Å². The number of carbonyl (C=O) groups excluding carboxylic acids is 2. The monoisotopic (exact) mass is 432 g/mol. The van der Waals surface area contributed by atoms with E-state index in [1.165, 1.54) is 42.5 Å². The Hall–Kier alpha value is -2.47. The highest BCUT2D eigenvalue weighted by Crippen LogP contribution is 2.25. The summed E-state index contributed by atoms with van der Waals surface area (Å²) < 4.78 is 23.2. The first-order chi connectivity index (χ1) is 13.2. The maximum atomic E-state index is 13.0. The first-order valence-corrected chi connectivity index (χ1v) is 10.8. The Bertz CT molecular complexity index is 1180. The lowest BCUT2D eigenvalue weighted by atomic mass is 9.93. The van der Waals surface area contributed by atoms with Crippen LogP contribution in [0.25, 0.3) is 0 Å². The van der Waals surface area contributed by atoms with Crippen LogP contribution in [0.2, 0.25) is 10.0 Å². The Kier molecular flexibility index (Phi) is 5.70. The Morgan fingerprint density at radius 1 is 0.750 bits per heavy atom. The quantitative estimate of drug-likeness (QED) is 0.539. The fraction of sp³-hybridized carbons (Fsp3) is 0.0476. The second-order valence-electron chi connectivity index (χ2n) is 6.12. The van der Waals surface area contributed by atoms with Crippen molar-refractivity contribution in [1.82, 2.24) is 0 Å². The topological polar surface area (TPSA) is 68.3 Å². The van der Waals surface area contributed by atoms with Crippen molar-refractivity contribution in [2.75, 3.05) is 6.26 Å². The minimum atomic E-state index is -3.38. The number of hydrogen-bond donors (Lipinski definition) is 0. The fourth-order valence-corrected chi connectivity index (χ4v) is 3.73. The molecule has 0 amide bonds. The summed E-state index contributed by atoms with van der Waals surface area (Å²) in [5.41, 5.74) is 0.787. The van der Waals surface area contributed by atoms with Crippen LogP contribution in [0.3, 0.4) is 0 Å². The van der Waals surface area contributed by atoms with Gasteiger partial charge < -0.3 is 0 Å². The van der Waals surface area contributed by atoms with Gasteiger partial charge in [-0.15, -0.1) is 0 Å². The maximum Gasteiger partial charge on any atom is 0.195 e. The molecule has 0 fully saturated rings. The first kappa shape index (κ1) is 20.3. The third kappa shape index (κ3) is 4.17. The van der Waals surface area contributed by atoms with E-state index in [0.717, 1.165) is 6.26 Å². The molecule has 0 aliphatic heterocycles. The van der Waals surface area contributed by atoms with Crippen LogP contribution < -0.4 is 0 Å². The SMILES string of the molecule is CS(=O)(=O)c1ccc(C(=O)c2ccc(Cl)cc2C(=O)c2ccccc2Cl)cc1. The second-order valence-corrected chi connectivity index (χ2v) is 8.98. The van der Waals surface area contributed by atoms with Gasteiger partial charge in [0.05, 0.1) is 9.92 Å². The van der Waals surface area contributed by atoms with E-state index in [4.69, 9.17) is 23.2 Å². The van der Waals surface area contributed by atoms with Crippen LogP contribution in [0, 0.1) is 0 Å². The molecule has 0 bridgehead atoms. The predicted molar refractivity (Wildman–Crippen MR) is 109 cm³/mol. The summed E-state index contributed by atoms with van der Waals surface area (Å²) in [5.74, 6) is -0.851. The van der Waals surface area contributed by atoms with Gasteiger partial charge in [-0.05, 0) is 54.6 Å². The van der Waals surface area contributed by atoms with Gasteiger partial charge in [0.2, 0.25) is 0 Å². The number of ketones is 2. The Labute approximate surface area is 172 Å². The molecule has 0 atom stereocenters. The molecular formula is C21H14Cl2O4S. The van der Waals surface area contributed by atoms with Crippen molar-refractivity contribution in [3.05, 3.63) is 99.0 Å². The van der Waals surface area contributed by atoms with Gasteiger partial charge in [-0.1, -0.05) is 35.3 Å². The first-order valence-electron chi connectivity index (χ1n) is 8.12. The fourth-order valence-electron chi connectivity index (χ4n) is 2.70. The molecule has 3 aromatic carbocycles. The van der Waals surface area contributed by atoms with Crippen molar-refractivity contribution < 1.29 is 18.0 Å². The average molecular weight is 433 g/mol. The van der Waals surface area contributed by atoms with Gasteiger partial charge >= 0.3 is 0 Å². The van der Waals surface area contributed by atoms with Crippen molar-refractivity contribution in [2.24, 2.45) is 0 Å². The molecule has 142 valence electrons. The lowest BCUT2D eigenvalue weighted by Crippen LogP contribution is -2.12. The zero-order chi connectivity index (χ0) is 20.5. The molecule has 0 aliphatic carbocycles. The average Bonchev–Trinajstić information content (AvgIpc) is 2.66. The van der Waals surface area contributed by atoms with Crippen molar-refractivity contribution in [3.8, 4) is 0 Å². The van der Waals surface area contributed by atoms with E-state index in [-0.39, 0.29) is 32.2 Å². The van der Waals surface area contributed by atoms with Gasteiger partial charge in [-0.2, -0.15) is 0 Å². The summed E-state index contributed by atoms with van der Waals surface area (Å²) in [7, 11) is -3.38. The molecule has 28 heavy (non-hydrogen) atoms. The Morgan fingerprint density at radius 2 is 1.39 bits per heavy atom. The number of benzene rings is 3. The minimum Gasteiger partial charge on any atom is -0.289 e. The van der Waals surface area contributed by atoms with Crippen LogP contribution >= 0.6 is 23.2 Å². The van der Waals surface area contributed by atoms with Crippen molar-refractivity contribution in [2.45, 2.75) is 4.90 Å². The molecule has 0 heterocycles. The number of halogens is 2. The van der Waals surface area contributed by atoms with Gasteiger partial charge in [-0.3, -0.25) is 9.59 Å². The van der Waals surface area contributed by atoms with E-state index in [9.17, 15) is 18.0 Å². The molecule has 3 rings (SSSR count). The summed E-state index contributed by atoms with van der Waals surface area (Å²) in [6.45, 7) is 0. The zero-order valence-corrected chi connectivity index (χ0v) is 17.0.